The summed E-state index contributed by atoms with van der Waals surface area (Å²) in [5.41, 5.74) is 3.65. The Morgan fingerprint density at radius 1 is 1.33 bits per heavy atom. The molecule has 102 valence electrons. The zero-order valence-corrected chi connectivity index (χ0v) is 11.2. The Bertz CT molecular complexity index is 904. The Kier molecular flexibility index (Phi) is 2.92. The van der Waals surface area contributed by atoms with Crippen molar-refractivity contribution in [2.45, 2.75) is 6.92 Å². The number of benzene rings is 2. The molecule has 0 unspecified atom stereocenters. The topological polar surface area (TPSA) is 78.9 Å². The molecule has 3 aromatic rings. The molecule has 1 heterocycles. The van der Waals surface area contributed by atoms with Gasteiger partial charge in [-0.05, 0) is 36.8 Å². The van der Waals surface area contributed by atoms with E-state index in [1.165, 1.54) is 6.07 Å². The lowest BCUT2D eigenvalue weighted by Gasteiger charge is -2.08. The van der Waals surface area contributed by atoms with Gasteiger partial charge < -0.3 is 5.11 Å². The molecule has 0 bridgehead atoms. The summed E-state index contributed by atoms with van der Waals surface area (Å²) >= 11 is 0. The predicted molar refractivity (Wildman–Crippen MR) is 77.5 cm³/mol. The van der Waals surface area contributed by atoms with E-state index in [4.69, 9.17) is 5.26 Å². The smallest absolute Gasteiger partial charge is 0.337 e. The van der Waals surface area contributed by atoms with Gasteiger partial charge in [0.2, 0.25) is 0 Å². The van der Waals surface area contributed by atoms with Gasteiger partial charge in [0.25, 0.3) is 0 Å². The third-order valence-electron chi connectivity index (χ3n) is 3.40. The predicted octanol–water partition coefficient (Wildman–Crippen LogP) is 2.90. The highest BCUT2D eigenvalue weighted by molar-refractivity contribution is 6.01. The maximum Gasteiger partial charge on any atom is 0.337 e. The fourth-order valence-corrected chi connectivity index (χ4v) is 2.34. The van der Waals surface area contributed by atoms with Crippen LogP contribution < -0.4 is 0 Å². The molecule has 0 saturated carbocycles. The van der Waals surface area contributed by atoms with E-state index in [-0.39, 0.29) is 5.56 Å². The largest absolute Gasteiger partial charge is 0.478 e. The van der Waals surface area contributed by atoms with Crippen LogP contribution in [0.1, 0.15) is 21.5 Å². The lowest BCUT2D eigenvalue weighted by Crippen LogP contribution is -1.99. The molecular weight excluding hydrogens is 266 g/mol. The van der Waals surface area contributed by atoms with E-state index in [0.29, 0.717) is 16.6 Å². The number of para-hydroxylation sites is 1. The summed E-state index contributed by atoms with van der Waals surface area (Å²) in [6, 6.07) is 12.5. The summed E-state index contributed by atoms with van der Waals surface area (Å²) < 4.78 is 1.80. The van der Waals surface area contributed by atoms with Gasteiger partial charge in [-0.1, -0.05) is 12.1 Å². The third kappa shape index (κ3) is 2.03. The number of aryl methyl sites for hydroxylation is 1. The Morgan fingerprint density at radius 2 is 2.14 bits per heavy atom. The molecule has 21 heavy (non-hydrogen) atoms. The van der Waals surface area contributed by atoms with Crippen molar-refractivity contribution >= 4 is 17.0 Å². The molecular formula is C16H11N3O2. The minimum absolute atomic E-state index is 0.167. The van der Waals surface area contributed by atoms with Crippen LogP contribution in [0.25, 0.3) is 16.7 Å². The van der Waals surface area contributed by atoms with Gasteiger partial charge in [-0.15, -0.1) is 0 Å². The highest BCUT2D eigenvalue weighted by Crippen LogP contribution is 2.24. The van der Waals surface area contributed by atoms with Crippen LogP contribution in [0.2, 0.25) is 0 Å². The number of nitrogens with zero attached hydrogens (tertiary/aromatic N) is 3. The average molecular weight is 277 g/mol. The first-order valence-corrected chi connectivity index (χ1v) is 6.32. The summed E-state index contributed by atoms with van der Waals surface area (Å²) in [4.78, 5) is 15.4. The molecule has 0 saturated heterocycles. The molecule has 0 spiro atoms. The molecule has 1 N–H and O–H groups in total. The third-order valence-corrected chi connectivity index (χ3v) is 3.40. The summed E-state index contributed by atoms with van der Waals surface area (Å²) in [5.74, 6) is -1.01. The average Bonchev–Trinajstić information content (AvgIpc) is 2.91. The van der Waals surface area contributed by atoms with E-state index in [9.17, 15) is 9.90 Å². The zero-order valence-electron chi connectivity index (χ0n) is 11.2. The number of rotatable bonds is 2. The van der Waals surface area contributed by atoms with Gasteiger partial charge in [-0.25, -0.2) is 9.78 Å². The molecule has 0 fully saturated rings. The molecule has 5 heteroatoms. The van der Waals surface area contributed by atoms with Crippen LogP contribution in [0.15, 0.2) is 42.7 Å². The lowest BCUT2D eigenvalue weighted by atomic mass is 10.1. The lowest BCUT2D eigenvalue weighted by molar-refractivity contribution is 0.0699. The van der Waals surface area contributed by atoms with E-state index >= 15 is 0 Å². The molecule has 1 aromatic heterocycles. The van der Waals surface area contributed by atoms with Gasteiger partial charge >= 0.3 is 5.97 Å². The quantitative estimate of drug-likeness (QED) is 0.781. The monoisotopic (exact) mass is 277 g/mol. The molecule has 0 radical (unpaired) electrons. The highest BCUT2D eigenvalue weighted by atomic mass is 16.4. The first-order chi connectivity index (χ1) is 10.1. The molecule has 0 aliphatic heterocycles. The number of fused-ring (bicyclic) bond motifs is 1. The van der Waals surface area contributed by atoms with Crippen molar-refractivity contribution in [1.82, 2.24) is 9.55 Å². The van der Waals surface area contributed by atoms with E-state index in [1.807, 2.05) is 19.1 Å². The number of aromatic carboxylic acids is 1. The van der Waals surface area contributed by atoms with Crippen molar-refractivity contribution < 1.29 is 9.90 Å². The number of hydrogen-bond acceptors (Lipinski definition) is 3. The van der Waals surface area contributed by atoms with Gasteiger partial charge in [-0.3, -0.25) is 4.57 Å². The normalized spacial score (nSPS) is 10.5. The summed E-state index contributed by atoms with van der Waals surface area (Å²) in [5, 5.41) is 18.2. The highest BCUT2D eigenvalue weighted by Gasteiger charge is 2.14. The molecule has 0 aliphatic carbocycles. The van der Waals surface area contributed by atoms with Crippen LogP contribution >= 0.6 is 0 Å². The van der Waals surface area contributed by atoms with Crippen LogP contribution in [0.4, 0.5) is 0 Å². The second-order valence-electron chi connectivity index (χ2n) is 4.71. The van der Waals surface area contributed by atoms with E-state index in [1.54, 1.807) is 29.1 Å². The van der Waals surface area contributed by atoms with Crippen molar-refractivity contribution in [2.24, 2.45) is 0 Å². The van der Waals surface area contributed by atoms with Gasteiger partial charge in [0, 0.05) is 0 Å². The molecule has 3 rings (SSSR count). The Hall–Kier alpha value is -3.13. The fourth-order valence-electron chi connectivity index (χ4n) is 2.34. The minimum atomic E-state index is -1.01. The summed E-state index contributed by atoms with van der Waals surface area (Å²) in [6.45, 7) is 1.93. The number of aromatic nitrogens is 2. The summed E-state index contributed by atoms with van der Waals surface area (Å²) in [7, 11) is 0. The SMILES string of the molecule is Cc1ccc(C#N)cc1-n1cnc2c(C(=O)O)cccc21. The van der Waals surface area contributed by atoms with Crippen LogP contribution in [0.3, 0.4) is 0 Å². The second-order valence-corrected chi connectivity index (χ2v) is 4.71. The summed E-state index contributed by atoms with van der Waals surface area (Å²) in [6.07, 6.45) is 1.58. The molecule has 0 amide bonds. The van der Waals surface area contributed by atoms with Crippen molar-refractivity contribution in [3.8, 4) is 11.8 Å². The Labute approximate surface area is 120 Å². The minimum Gasteiger partial charge on any atom is -0.478 e. The van der Waals surface area contributed by atoms with Crippen molar-refractivity contribution in [3.63, 3.8) is 0 Å². The van der Waals surface area contributed by atoms with Gasteiger partial charge in [0.1, 0.15) is 11.8 Å². The zero-order chi connectivity index (χ0) is 15.0. The first kappa shape index (κ1) is 12.9. The van der Waals surface area contributed by atoms with Crippen molar-refractivity contribution in [1.29, 1.82) is 5.26 Å². The molecule has 0 aliphatic rings. The number of carbonyl (C=O) groups is 1. The Morgan fingerprint density at radius 3 is 2.86 bits per heavy atom. The second kappa shape index (κ2) is 4.76. The number of imidazole rings is 1. The molecule has 5 nitrogen and oxygen atoms in total. The first-order valence-electron chi connectivity index (χ1n) is 6.32. The maximum absolute atomic E-state index is 11.2. The van der Waals surface area contributed by atoms with Crippen LogP contribution in [0.5, 0.6) is 0 Å². The number of carboxylic acid groups (broad SMARTS) is 1. The van der Waals surface area contributed by atoms with E-state index in [2.05, 4.69) is 11.1 Å². The van der Waals surface area contributed by atoms with Crippen molar-refractivity contribution in [2.75, 3.05) is 0 Å². The number of nitriles is 1. The van der Waals surface area contributed by atoms with Gasteiger partial charge in [0.15, 0.2) is 0 Å². The van der Waals surface area contributed by atoms with E-state index in [0.717, 1.165) is 11.3 Å². The molecule has 0 atom stereocenters. The molecule has 2 aromatic carbocycles. The van der Waals surface area contributed by atoms with Gasteiger partial charge in [-0.2, -0.15) is 5.26 Å². The fraction of sp³-hybridized carbons (Fsp3) is 0.0625. The standard InChI is InChI=1S/C16H11N3O2/c1-10-5-6-11(8-17)7-14(10)19-9-18-15-12(16(20)21)3-2-4-13(15)19/h2-7,9H,1H3,(H,20,21). The number of hydrogen-bond donors (Lipinski definition) is 1. The maximum atomic E-state index is 11.2. The Balaban J connectivity index is 2.30. The van der Waals surface area contributed by atoms with Crippen LogP contribution in [-0.4, -0.2) is 20.6 Å². The van der Waals surface area contributed by atoms with Gasteiger partial charge in [0.05, 0.1) is 28.4 Å². The van der Waals surface area contributed by atoms with E-state index < -0.39 is 5.97 Å². The number of carboxylic acids is 1. The van der Waals surface area contributed by atoms with Crippen LogP contribution in [-0.2, 0) is 0 Å². The van der Waals surface area contributed by atoms with Crippen LogP contribution in [0, 0.1) is 18.3 Å². The van der Waals surface area contributed by atoms with Crippen molar-refractivity contribution in [3.05, 3.63) is 59.4 Å².